The first-order chi connectivity index (χ1) is 8.32. The molecule has 5 nitrogen and oxygen atoms in total. The lowest BCUT2D eigenvalue weighted by Crippen LogP contribution is -2.32. The Hall–Kier alpha value is -1.59. The first-order valence-electron chi connectivity index (χ1n) is 5.40. The van der Waals surface area contributed by atoms with E-state index in [9.17, 15) is 9.59 Å². The monoisotopic (exact) mass is 269 g/mol. The van der Waals surface area contributed by atoms with Gasteiger partial charge in [-0.1, -0.05) is 11.6 Å². The van der Waals surface area contributed by atoms with Gasteiger partial charge in [-0.3, -0.25) is 9.59 Å². The number of nitrogens with zero attached hydrogens (tertiary/aromatic N) is 1. The average Bonchev–Trinajstić information content (AvgIpc) is 2.30. The predicted molar refractivity (Wildman–Crippen MR) is 71.7 cm³/mol. The fourth-order valence-corrected chi connectivity index (χ4v) is 1.42. The van der Waals surface area contributed by atoms with Crippen molar-refractivity contribution in [3.63, 3.8) is 0 Å². The zero-order chi connectivity index (χ0) is 13.9. The van der Waals surface area contributed by atoms with E-state index in [2.05, 4.69) is 5.32 Å². The average molecular weight is 270 g/mol. The second-order valence-electron chi connectivity index (χ2n) is 4.17. The summed E-state index contributed by atoms with van der Waals surface area (Å²) in [6.45, 7) is 1.57. The minimum Gasteiger partial charge on any atom is -0.345 e. The Labute approximate surface area is 111 Å². The van der Waals surface area contributed by atoms with E-state index in [0.717, 1.165) is 0 Å². The summed E-state index contributed by atoms with van der Waals surface area (Å²) in [5, 5.41) is 2.94. The second-order valence-corrected chi connectivity index (χ2v) is 4.58. The first-order valence-corrected chi connectivity index (χ1v) is 5.78. The molecule has 1 atom stereocenters. The molecule has 0 radical (unpaired) electrons. The van der Waals surface area contributed by atoms with Gasteiger partial charge < -0.3 is 16.0 Å². The van der Waals surface area contributed by atoms with Crippen LogP contribution in [0.4, 0.5) is 5.69 Å². The molecule has 18 heavy (non-hydrogen) atoms. The van der Waals surface area contributed by atoms with Gasteiger partial charge in [0.1, 0.15) is 0 Å². The number of halogens is 1. The van der Waals surface area contributed by atoms with E-state index in [1.165, 1.54) is 11.0 Å². The third-order valence-electron chi connectivity index (χ3n) is 2.29. The number of carbonyl (C=O) groups is 2. The number of amides is 2. The Balaban J connectivity index is 3.02. The Kier molecular flexibility index (Phi) is 4.69. The maximum Gasteiger partial charge on any atom is 0.253 e. The lowest BCUT2D eigenvalue weighted by Gasteiger charge is -2.13. The third-order valence-corrected chi connectivity index (χ3v) is 2.62. The standard InChI is InChI=1S/C12H16ClN3O2/c1-7(14)11(17)15-10-6-8(4-5-9(10)13)12(18)16(2)3/h4-7H,14H2,1-3H3,(H,15,17)/t7-/m1/s1. The maximum atomic E-state index is 11.8. The zero-order valence-corrected chi connectivity index (χ0v) is 11.3. The molecule has 6 heteroatoms. The lowest BCUT2D eigenvalue weighted by molar-refractivity contribution is -0.117. The van der Waals surface area contributed by atoms with Crippen LogP contribution in [0.1, 0.15) is 17.3 Å². The minimum absolute atomic E-state index is 0.164. The minimum atomic E-state index is -0.644. The van der Waals surface area contributed by atoms with E-state index < -0.39 is 6.04 Å². The maximum absolute atomic E-state index is 11.8. The molecule has 1 aromatic rings. The number of rotatable bonds is 3. The lowest BCUT2D eigenvalue weighted by atomic mass is 10.1. The van der Waals surface area contributed by atoms with E-state index in [0.29, 0.717) is 16.3 Å². The summed E-state index contributed by atoms with van der Waals surface area (Å²) in [6, 6.07) is 4.06. The zero-order valence-electron chi connectivity index (χ0n) is 10.5. The van der Waals surface area contributed by atoms with Crippen LogP contribution in [0.5, 0.6) is 0 Å². The van der Waals surface area contributed by atoms with E-state index >= 15 is 0 Å². The van der Waals surface area contributed by atoms with Gasteiger partial charge >= 0.3 is 0 Å². The Morgan fingerprint density at radius 1 is 1.39 bits per heavy atom. The molecule has 0 aromatic heterocycles. The predicted octanol–water partition coefficient (Wildman–Crippen LogP) is 1.33. The molecule has 2 amide bonds. The number of nitrogens with two attached hydrogens (primary N) is 1. The SMILES string of the molecule is C[C@@H](N)C(=O)Nc1cc(C(=O)N(C)C)ccc1Cl. The van der Waals surface area contributed by atoms with Crippen molar-refractivity contribution in [1.29, 1.82) is 0 Å². The Morgan fingerprint density at radius 3 is 2.50 bits per heavy atom. The molecule has 0 aliphatic heterocycles. The van der Waals surface area contributed by atoms with Crippen molar-refractivity contribution in [2.45, 2.75) is 13.0 Å². The summed E-state index contributed by atoms with van der Waals surface area (Å²) in [7, 11) is 3.30. The molecular formula is C12H16ClN3O2. The van der Waals surface area contributed by atoms with E-state index in [-0.39, 0.29) is 11.8 Å². The third kappa shape index (κ3) is 3.45. The van der Waals surface area contributed by atoms with Crippen LogP contribution in [0.3, 0.4) is 0 Å². The fraction of sp³-hybridized carbons (Fsp3) is 0.333. The number of hydrogen-bond acceptors (Lipinski definition) is 3. The first kappa shape index (κ1) is 14.5. The molecule has 0 aliphatic rings. The van der Waals surface area contributed by atoms with Crippen molar-refractivity contribution >= 4 is 29.1 Å². The molecule has 98 valence electrons. The van der Waals surface area contributed by atoms with Gasteiger partial charge in [-0.15, -0.1) is 0 Å². The summed E-state index contributed by atoms with van der Waals surface area (Å²) in [6.07, 6.45) is 0. The highest BCUT2D eigenvalue weighted by Gasteiger charge is 2.13. The summed E-state index contributed by atoms with van der Waals surface area (Å²) < 4.78 is 0. The smallest absolute Gasteiger partial charge is 0.253 e. The summed E-state index contributed by atoms with van der Waals surface area (Å²) in [4.78, 5) is 24.7. The van der Waals surface area contributed by atoms with Crippen LogP contribution in [0, 0.1) is 0 Å². The van der Waals surface area contributed by atoms with Gasteiger partial charge in [0, 0.05) is 19.7 Å². The molecule has 0 heterocycles. The number of anilines is 1. The van der Waals surface area contributed by atoms with Gasteiger partial charge in [0.2, 0.25) is 5.91 Å². The molecule has 0 saturated heterocycles. The quantitative estimate of drug-likeness (QED) is 0.869. The van der Waals surface area contributed by atoms with Crippen molar-refractivity contribution in [3.05, 3.63) is 28.8 Å². The number of nitrogens with one attached hydrogen (secondary N) is 1. The van der Waals surface area contributed by atoms with Crippen molar-refractivity contribution < 1.29 is 9.59 Å². The van der Waals surface area contributed by atoms with Gasteiger partial charge in [-0.05, 0) is 25.1 Å². The molecule has 0 saturated carbocycles. The van der Waals surface area contributed by atoms with Crippen LogP contribution in [0.2, 0.25) is 5.02 Å². The van der Waals surface area contributed by atoms with Crippen LogP contribution in [0.15, 0.2) is 18.2 Å². The summed E-state index contributed by atoms with van der Waals surface area (Å²) >= 11 is 5.95. The van der Waals surface area contributed by atoms with E-state index in [4.69, 9.17) is 17.3 Å². The Morgan fingerprint density at radius 2 is 2.00 bits per heavy atom. The number of benzene rings is 1. The van der Waals surface area contributed by atoms with Crippen LogP contribution in [-0.4, -0.2) is 36.9 Å². The molecule has 0 spiro atoms. The van der Waals surface area contributed by atoms with Gasteiger partial charge in [0.25, 0.3) is 5.91 Å². The molecule has 3 N–H and O–H groups in total. The normalized spacial score (nSPS) is 11.8. The highest BCUT2D eigenvalue weighted by Crippen LogP contribution is 2.23. The van der Waals surface area contributed by atoms with Gasteiger partial charge in [0.05, 0.1) is 16.8 Å². The van der Waals surface area contributed by atoms with Gasteiger partial charge in [-0.2, -0.15) is 0 Å². The van der Waals surface area contributed by atoms with E-state index in [1.807, 2.05) is 0 Å². The highest BCUT2D eigenvalue weighted by molar-refractivity contribution is 6.34. The molecule has 0 aliphatic carbocycles. The van der Waals surface area contributed by atoms with Crippen molar-refractivity contribution in [2.24, 2.45) is 5.73 Å². The van der Waals surface area contributed by atoms with Crippen LogP contribution in [0.25, 0.3) is 0 Å². The van der Waals surface area contributed by atoms with Crippen molar-refractivity contribution in [3.8, 4) is 0 Å². The molecular weight excluding hydrogens is 254 g/mol. The molecule has 1 aromatic carbocycles. The largest absolute Gasteiger partial charge is 0.345 e. The van der Waals surface area contributed by atoms with Crippen LogP contribution in [-0.2, 0) is 4.79 Å². The van der Waals surface area contributed by atoms with Gasteiger partial charge in [0.15, 0.2) is 0 Å². The van der Waals surface area contributed by atoms with Crippen molar-refractivity contribution in [2.75, 3.05) is 19.4 Å². The van der Waals surface area contributed by atoms with Crippen LogP contribution >= 0.6 is 11.6 Å². The van der Waals surface area contributed by atoms with E-state index in [1.54, 1.807) is 33.2 Å². The highest BCUT2D eigenvalue weighted by atomic mass is 35.5. The van der Waals surface area contributed by atoms with Gasteiger partial charge in [-0.25, -0.2) is 0 Å². The molecule has 0 fully saturated rings. The fourth-order valence-electron chi connectivity index (χ4n) is 1.26. The second kappa shape index (κ2) is 5.84. The van der Waals surface area contributed by atoms with Crippen LogP contribution < -0.4 is 11.1 Å². The molecule has 1 rings (SSSR count). The molecule has 0 bridgehead atoms. The Bertz CT molecular complexity index is 472. The number of hydrogen-bond donors (Lipinski definition) is 2. The molecule has 0 unspecified atom stereocenters. The number of carbonyl (C=O) groups excluding carboxylic acids is 2. The summed E-state index contributed by atoms with van der Waals surface area (Å²) in [5.74, 6) is -0.519. The topological polar surface area (TPSA) is 75.4 Å². The van der Waals surface area contributed by atoms with Crippen molar-refractivity contribution in [1.82, 2.24) is 4.90 Å². The summed E-state index contributed by atoms with van der Waals surface area (Å²) in [5.41, 5.74) is 6.28.